The Bertz CT molecular complexity index is 1770. The summed E-state index contributed by atoms with van der Waals surface area (Å²) < 4.78 is 52.7. The van der Waals surface area contributed by atoms with Gasteiger partial charge in [-0.25, -0.2) is 18.2 Å². The van der Waals surface area contributed by atoms with Crippen LogP contribution in [0.25, 0.3) is 32.2 Å². The van der Waals surface area contributed by atoms with E-state index in [2.05, 4.69) is 20.2 Å². The highest BCUT2D eigenvalue weighted by Gasteiger charge is 2.49. The number of halogens is 3. The molecule has 0 spiro atoms. The molecule has 43 heavy (non-hydrogen) atoms. The fourth-order valence-corrected chi connectivity index (χ4v) is 8.79. The van der Waals surface area contributed by atoms with Gasteiger partial charge in [-0.1, -0.05) is 0 Å². The van der Waals surface area contributed by atoms with E-state index in [9.17, 15) is 13.9 Å². The molecule has 0 radical (unpaired) electrons. The molecule has 4 fully saturated rings. The molecule has 4 saturated heterocycles. The summed E-state index contributed by atoms with van der Waals surface area (Å²) in [5.74, 6) is -1.65. The molecule has 4 aliphatic rings. The van der Waals surface area contributed by atoms with Crippen molar-refractivity contribution in [2.24, 2.45) is 0 Å². The van der Waals surface area contributed by atoms with Crippen molar-refractivity contribution in [2.45, 2.75) is 62.8 Å². The van der Waals surface area contributed by atoms with E-state index in [-0.39, 0.29) is 46.9 Å². The van der Waals surface area contributed by atoms with Gasteiger partial charge in [0.25, 0.3) is 0 Å². The van der Waals surface area contributed by atoms with Crippen LogP contribution in [0.4, 0.5) is 24.0 Å². The Hall–Kier alpha value is -3.42. The first-order valence-corrected chi connectivity index (χ1v) is 15.6. The number of alkyl halides is 1. The highest BCUT2D eigenvalue weighted by molar-refractivity contribution is 7.23. The summed E-state index contributed by atoms with van der Waals surface area (Å²) in [6, 6.07) is 3.00. The van der Waals surface area contributed by atoms with Gasteiger partial charge in [-0.05, 0) is 56.8 Å². The van der Waals surface area contributed by atoms with E-state index in [1.165, 1.54) is 23.5 Å². The third-order valence-electron chi connectivity index (χ3n) is 9.76. The van der Waals surface area contributed by atoms with Crippen LogP contribution in [-0.4, -0.2) is 81.5 Å². The van der Waals surface area contributed by atoms with E-state index in [0.29, 0.717) is 52.5 Å². The van der Waals surface area contributed by atoms with Gasteiger partial charge in [0.05, 0.1) is 16.1 Å². The lowest BCUT2D eigenvalue weighted by molar-refractivity contribution is 0.107. The molecule has 0 saturated carbocycles. The van der Waals surface area contributed by atoms with Crippen LogP contribution >= 0.6 is 11.3 Å². The molecule has 226 valence electrons. The first kappa shape index (κ1) is 27.2. The fourth-order valence-electron chi connectivity index (χ4n) is 7.76. The second kappa shape index (κ2) is 9.80. The molecule has 13 heteroatoms. The smallest absolute Gasteiger partial charge is 0.319 e. The average Bonchev–Trinajstić information content (AvgIpc) is 3.68. The lowest BCUT2D eigenvalue weighted by atomic mass is 9.95. The molecule has 9 nitrogen and oxygen atoms in total. The highest BCUT2D eigenvalue weighted by Crippen LogP contribution is 2.45. The fraction of sp³-hybridized carbons (Fsp3) is 0.500. The summed E-state index contributed by atoms with van der Waals surface area (Å²) >= 11 is 1.20. The average molecular weight is 612 g/mol. The van der Waals surface area contributed by atoms with Crippen molar-refractivity contribution in [3.63, 3.8) is 0 Å². The normalized spacial score (nSPS) is 27.1. The number of aryl methyl sites for hydroxylation is 1. The van der Waals surface area contributed by atoms with E-state index in [0.717, 1.165) is 32.2 Å². The molecule has 4 aromatic rings. The summed E-state index contributed by atoms with van der Waals surface area (Å²) in [6.07, 6.45) is 3.26. The van der Waals surface area contributed by atoms with Crippen molar-refractivity contribution in [1.82, 2.24) is 25.2 Å². The number of nitrogens with two attached hydrogens (primary N) is 1. The number of nitrogens with one attached hydrogen (secondary N) is 1. The summed E-state index contributed by atoms with van der Waals surface area (Å²) in [6.45, 7) is 4.42. The number of nitrogens with zero attached hydrogens (tertiary/aromatic N) is 5. The standard InChI is InChI=1S/C30H32F3N7O2S/c1-14-21-19(7-15(31)8-20(21)43-26(14)34)22-23(33)24-25(36-28(22)41)27(39-11-17-3-4-18(12-39)35-17)38-29(37-24)42-13-30-5-2-6-40(30)10-16(32)9-30/h7-8,16-18,35H,2-6,9-13,34H2,1H3,(H,36,41)/t16-,17?,18?,30+/m1/s1. The molecule has 1 aromatic carbocycles. The number of benzene rings is 1. The molecular formula is C30H32F3N7O2S. The second-order valence-electron chi connectivity index (χ2n) is 12.5. The Balaban J connectivity index is 1.28. The Morgan fingerprint density at radius 1 is 1.14 bits per heavy atom. The van der Waals surface area contributed by atoms with Gasteiger partial charge in [0, 0.05) is 53.8 Å². The van der Waals surface area contributed by atoms with Crippen LogP contribution in [0.1, 0.15) is 37.7 Å². The first-order valence-electron chi connectivity index (χ1n) is 14.8. The van der Waals surface area contributed by atoms with E-state index < -0.39 is 29.2 Å². The minimum Gasteiger partial charge on any atom is -0.493 e. The molecule has 4 atom stereocenters. The number of anilines is 2. The van der Waals surface area contributed by atoms with Crippen molar-refractivity contribution in [3.8, 4) is 23.0 Å². The van der Waals surface area contributed by atoms with Gasteiger partial charge in [-0.2, -0.15) is 9.97 Å². The van der Waals surface area contributed by atoms with Gasteiger partial charge in [0.2, 0.25) is 5.88 Å². The van der Waals surface area contributed by atoms with Gasteiger partial charge in [0.1, 0.15) is 29.6 Å². The van der Waals surface area contributed by atoms with Crippen molar-refractivity contribution >= 4 is 43.3 Å². The molecule has 2 bridgehead atoms. The zero-order valence-electron chi connectivity index (χ0n) is 23.7. The maximum atomic E-state index is 16.7. The van der Waals surface area contributed by atoms with Crippen LogP contribution in [0.3, 0.4) is 0 Å². The van der Waals surface area contributed by atoms with E-state index in [1.807, 2.05) is 4.90 Å². The van der Waals surface area contributed by atoms with E-state index in [4.69, 9.17) is 15.5 Å². The monoisotopic (exact) mass is 611 g/mol. The van der Waals surface area contributed by atoms with Gasteiger partial charge in [0.15, 0.2) is 11.6 Å². The van der Waals surface area contributed by atoms with Crippen LogP contribution in [0.15, 0.2) is 12.1 Å². The lowest BCUT2D eigenvalue weighted by Crippen LogP contribution is -2.51. The number of hydrogen-bond donors (Lipinski definition) is 3. The van der Waals surface area contributed by atoms with Crippen molar-refractivity contribution < 1.29 is 23.0 Å². The Morgan fingerprint density at radius 2 is 1.93 bits per heavy atom. The molecule has 7 heterocycles. The highest BCUT2D eigenvalue weighted by atomic mass is 32.1. The number of piperazine rings is 1. The predicted molar refractivity (Wildman–Crippen MR) is 160 cm³/mol. The number of ether oxygens (including phenoxy) is 1. The molecule has 3 aromatic heterocycles. The molecule has 0 amide bonds. The van der Waals surface area contributed by atoms with E-state index >= 15 is 4.39 Å². The van der Waals surface area contributed by atoms with Crippen LogP contribution < -0.4 is 20.7 Å². The number of thiophene rings is 1. The number of nitrogen functional groups attached to an aromatic ring is 1. The van der Waals surface area contributed by atoms with Crippen LogP contribution in [0, 0.1) is 18.6 Å². The number of hydrogen-bond acceptors (Lipinski definition) is 10. The quantitative estimate of drug-likeness (QED) is 0.296. The minimum atomic E-state index is -0.918. The number of rotatable bonds is 5. The molecule has 2 unspecified atom stereocenters. The van der Waals surface area contributed by atoms with Crippen molar-refractivity contribution in [1.29, 1.82) is 0 Å². The van der Waals surface area contributed by atoms with Crippen LogP contribution in [-0.2, 0) is 0 Å². The zero-order valence-corrected chi connectivity index (χ0v) is 24.5. The zero-order chi connectivity index (χ0) is 29.6. The maximum Gasteiger partial charge on any atom is 0.319 e. The third-order valence-corrected chi connectivity index (χ3v) is 10.8. The van der Waals surface area contributed by atoms with Crippen molar-refractivity contribution in [2.75, 3.05) is 43.4 Å². The molecular weight excluding hydrogens is 579 g/mol. The van der Waals surface area contributed by atoms with Gasteiger partial charge in [-0.15, -0.1) is 11.3 Å². The number of pyridine rings is 1. The van der Waals surface area contributed by atoms with Gasteiger partial charge in [-0.3, -0.25) is 4.90 Å². The van der Waals surface area contributed by atoms with Gasteiger partial charge < -0.3 is 25.8 Å². The summed E-state index contributed by atoms with van der Waals surface area (Å²) in [5, 5.41) is 15.8. The van der Waals surface area contributed by atoms with E-state index in [1.54, 1.807) is 6.92 Å². The number of fused-ring (bicyclic) bond motifs is 5. The molecule has 0 aliphatic carbocycles. The van der Waals surface area contributed by atoms with Crippen LogP contribution in [0.2, 0.25) is 0 Å². The van der Waals surface area contributed by atoms with Crippen LogP contribution in [0.5, 0.6) is 11.9 Å². The SMILES string of the molecule is Cc1c(N)sc2cc(F)cc(-c3c(O)nc4c(N5CC6CCC(C5)N6)nc(OC[C@@]56CCCN5C[C@H](F)C6)nc4c3F)c12. The largest absolute Gasteiger partial charge is 0.493 e. The Morgan fingerprint density at radius 3 is 2.72 bits per heavy atom. The Labute approximate surface area is 249 Å². The Kier molecular flexibility index (Phi) is 6.19. The summed E-state index contributed by atoms with van der Waals surface area (Å²) in [7, 11) is 0. The molecule has 8 rings (SSSR count). The maximum absolute atomic E-state index is 16.7. The lowest BCUT2D eigenvalue weighted by Gasteiger charge is -2.34. The summed E-state index contributed by atoms with van der Waals surface area (Å²) in [4.78, 5) is 17.8. The minimum absolute atomic E-state index is 0.0328. The molecule has 4 N–H and O–H groups in total. The summed E-state index contributed by atoms with van der Waals surface area (Å²) in [5.41, 5.74) is 6.23. The predicted octanol–water partition coefficient (Wildman–Crippen LogP) is 4.68. The molecule has 4 aliphatic heterocycles. The topological polar surface area (TPSA) is 113 Å². The number of aromatic hydroxyl groups is 1. The second-order valence-corrected chi connectivity index (χ2v) is 13.6. The third kappa shape index (κ3) is 4.30. The first-order chi connectivity index (χ1) is 20.7. The van der Waals surface area contributed by atoms with Crippen molar-refractivity contribution in [3.05, 3.63) is 29.3 Å². The number of aromatic nitrogens is 3. The van der Waals surface area contributed by atoms with Gasteiger partial charge >= 0.3 is 6.01 Å².